The van der Waals surface area contributed by atoms with Gasteiger partial charge < -0.3 is 14.8 Å². The van der Waals surface area contributed by atoms with Crippen LogP contribution < -0.4 is 14.8 Å². The number of imide groups is 1. The van der Waals surface area contributed by atoms with E-state index in [4.69, 9.17) is 9.47 Å². The third-order valence-corrected chi connectivity index (χ3v) is 5.58. The van der Waals surface area contributed by atoms with Gasteiger partial charge in [0.25, 0.3) is 11.8 Å². The van der Waals surface area contributed by atoms with Gasteiger partial charge in [-0.15, -0.1) is 10.2 Å². The van der Waals surface area contributed by atoms with Crippen molar-refractivity contribution in [3.63, 3.8) is 0 Å². The summed E-state index contributed by atoms with van der Waals surface area (Å²) in [6, 6.07) is 13.9. The summed E-state index contributed by atoms with van der Waals surface area (Å²) in [6.45, 7) is 0.399. The highest BCUT2D eigenvalue weighted by molar-refractivity contribution is 7.15. The highest BCUT2D eigenvalue weighted by Crippen LogP contribution is 2.26. The molecule has 0 radical (unpaired) electrons. The molecule has 32 heavy (non-hydrogen) atoms. The highest BCUT2D eigenvalue weighted by Gasteiger charge is 2.35. The predicted molar refractivity (Wildman–Crippen MR) is 117 cm³/mol. The number of amides is 3. The third-order valence-electron chi connectivity index (χ3n) is 4.76. The minimum Gasteiger partial charge on any atom is -0.497 e. The second-order valence-electron chi connectivity index (χ2n) is 6.92. The Hall–Kier alpha value is -3.79. The summed E-state index contributed by atoms with van der Waals surface area (Å²) in [6.07, 6.45) is 0.780. The molecule has 3 aromatic rings. The lowest BCUT2D eigenvalue weighted by molar-refractivity contribution is -0.116. The summed E-state index contributed by atoms with van der Waals surface area (Å²) in [5.74, 6) is 0.516. The van der Waals surface area contributed by atoms with Gasteiger partial charge in [0.15, 0.2) is 0 Å². The molecular weight excluding hydrogens is 432 g/mol. The van der Waals surface area contributed by atoms with Gasteiger partial charge in [-0.2, -0.15) is 0 Å². The van der Waals surface area contributed by atoms with Crippen molar-refractivity contribution in [1.82, 2.24) is 15.1 Å². The quantitative estimate of drug-likeness (QED) is 0.392. The average Bonchev–Trinajstić information content (AvgIpc) is 3.35. The number of anilines is 1. The molecule has 9 nitrogen and oxygen atoms in total. The SMILES string of the molecule is COc1ccc(OCCCC(=O)Nc2nnc(CN3C(=O)c4ccccc4C3=O)s2)cc1. The Labute approximate surface area is 188 Å². The van der Waals surface area contributed by atoms with Crippen LogP contribution in [0.2, 0.25) is 0 Å². The van der Waals surface area contributed by atoms with Crippen molar-refractivity contribution < 1.29 is 23.9 Å². The molecular formula is C22H20N4O5S. The minimum absolute atomic E-state index is 0.00951. The first kappa shape index (κ1) is 21.4. The summed E-state index contributed by atoms with van der Waals surface area (Å²) in [4.78, 5) is 38.2. The molecule has 10 heteroatoms. The van der Waals surface area contributed by atoms with Crippen LogP contribution in [-0.2, 0) is 11.3 Å². The van der Waals surface area contributed by atoms with Gasteiger partial charge in [0, 0.05) is 6.42 Å². The molecule has 0 spiro atoms. The second kappa shape index (κ2) is 9.56. The fraction of sp³-hybridized carbons (Fsp3) is 0.227. The first-order chi connectivity index (χ1) is 15.5. The van der Waals surface area contributed by atoms with E-state index in [2.05, 4.69) is 15.5 Å². The van der Waals surface area contributed by atoms with Crippen LogP contribution in [0.3, 0.4) is 0 Å². The Balaban J connectivity index is 1.23. The Kier molecular flexibility index (Phi) is 6.41. The van der Waals surface area contributed by atoms with Crippen LogP contribution in [0.4, 0.5) is 5.13 Å². The first-order valence-corrected chi connectivity index (χ1v) is 10.7. The molecule has 2 aromatic carbocycles. The van der Waals surface area contributed by atoms with Gasteiger partial charge in [-0.25, -0.2) is 0 Å². The van der Waals surface area contributed by atoms with Gasteiger partial charge in [-0.1, -0.05) is 23.5 Å². The zero-order valence-corrected chi connectivity index (χ0v) is 18.1. The summed E-state index contributed by atoms with van der Waals surface area (Å²) in [5.41, 5.74) is 0.764. The number of rotatable bonds is 9. The summed E-state index contributed by atoms with van der Waals surface area (Å²) in [7, 11) is 1.60. The number of carbonyl (C=O) groups excluding carboxylic acids is 3. The molecule has 0 unspecified atom stereocenters. The van der Waals surface area contributed by atoms with E-state index in [1.54, 1.807) is 55.6 Å². The average molecular weight is 452 g/mol. The molecule has 164 valence electrons. The van der Waals surface area contributed by atoms with Crippen LogP contribution in [0.25, 0.3) is 0 Å². The summed E-state index contributed by atoms with van der Waals surface area (Å²) in [5, 5.41) is 11.4. The van der Waals surface area contributed by atoms with Crippen LogP contribution in [-0.4, -0.2) is 46.5 Å². The topological polar surface area (TPSA) is 111 Å². The molecule has 0 fully saturated rings. The van der Waals surface area contributed by atoms with Gasteiger partial charge in [0.05, 0.1) is 31.4 Å². The number of benzene rings is 2. The van der Waals surface area contributed by atoms with E-state index >= 15 is 0 Å². The number of carbonyl (C=O) groups is 3. The van der Waals surface area contributed by atoms with Crippen molar-refractivity contribution in [1.29, 1.82) is 0 Å². The van der Waals surface area contributed by atoms with Gasteiger partial charge in [0.1, 0.15) is 16.5 Å². The van der Waals surface area contributed by atoms with E-state index in [1.807, 2.05) is 0 Å². The van der Waals surface area contributed by atoms with Gasteiger partial charge in [0.2, 0.25) is 11.0 Å². The van der Waals surface area contributed by atoms with E-state index in [1.165, 1.54) is 0 Å². The largest absolute Gasteiger partial charge is 0.497 e. The molecule has 0 aliphatic carbocycles. The smallest absolute Gasteiger partial charge is 0.261 e. The molecule has 1 N–H and O–H groups in total. The maximum Gasteiger partial charge on any atom is 0.261 e. The number of nitrogens with one attached hydrogen (secondary N) is 1. The molecule has 0 saturated heterocycles. The second-order valence-corrected chi connectivity index (χ2v) is 7.98. The Bertz CT molecular complexity index is 1110. The lowest BCUT2D eigenvalue weighted by atomic mass is 10.1. The van der Waals surface area contributed by atoms with Crippen LogP contribution in [0, 0.1) is 0 Å². The van der Waals surface area contributed by atoms with E-state index < -0.39 is 0 Å². The molecule has 4 rings (SSSR count). The van der Waals surface area contributed by atoms with E-state index in [-0.39, 0.29) is 30.7 Å². The number of aromatic nitrogens is 2. The maximum absolute atomic E-state index is 12.5. The summed E-state index contributed by atoms with van der Waals surface area (Å²) >= 11 is 1.13. The highest BCUT2D eigenvalue weighted by atomic mass is 32.1. The zero-order chi connectivity index (χ0) is 22.5. The van der Waals surface area contributed by atoms with E-state index in [9.17, 15) is 14.4 Å². The lowest BCUT2D eigenvalue weighted by Gasteiger charge is -2.10. The number of hydrogen-bond acceptors (Lipinski definition) is 8. The van der Waals surface area contributed by atoms with Crippen molar-refractivity contribution in [3.8, 4) is 11.5 Å². The lowest BCUT2D eigenvalue weighted by Crippen LogP contribution is -2.29. The zero-order valence-electron chi connectivity index (χ0n) is 17.2. The normalized spacial score (nSPS) is 12.6. The Morgan fingerprint density at radius 2 is 1.66 bits per heavy atom. The summed E-state index contributed by atoms with van der Waals surface area (Å²) < 4.78 is 10.7. The third kappa shape index (κ3) is 4.75. The van der Waals surface area contributed by atoms with Gasteiger partial charge in [-0.3, -0.25) is 19.3 Å². The van der Waals surface area contributed by atoms with Crippen LogP contribution in [0.15, 0.2) is 48.5 Å². The number of fused-ring (bicyclic) bond motifs is 1. The molecule has 3 amide bonds. The molecule has 2 heterocycles. The van der Waals surface area contributed by atoms with Crippen molar-refractivity contribution in [2.45, 2.75) is 19.4 Å². The van der Waals surface area contributed by atoms with Gasteiger partial charge in [-0.05, 0) is 42.8 Å². The molecule has 0 atom stereocenters. The molecule has 0 saturated carbocycles. The monoisotopic (exact) mass is 452 g/mol. The molecule has 0 bridgehead atoms. The number of ether oxygens (including phenoxy) is 2. The van der Waals surface area contributed by atoms with Crippen LogP contribution in [0.1, 0.15) is 38.6 Å². The van der Waals surface area contributed by atoms with Gasteiger partial charge >= 0.3 is 0 Å². The van der Waals surface area contributed by atoms with Crippen LogP contribution in [0.5, 0.6) is 11.5 Å². The fourth-order valence-corrected chi connectivity index (χ4v) is 3.91. The maximum atomic E-state index is 12.5. The van der Waals surface area contributed by atoms with Crippen molar-refractivity contribution in [2.75, 3.05) is 19.0 Å². The number of nitrogens with zero attached hydrogens (tertiary/aromatic N) is 3. The molecule has 1 aliphatic heterocycles. The number of hydrogen-bond donors (Lipinski definition) is 1. The predicted octanol–water partition coefficient (Wildman–Crippen LogP) is 3.14. The Morgan fingerprint density at radius 3 is 2.31 bits per heavy atom. The standard InChI is InChI=1S/C22H20N4O5S/c1-30-14-8-10-15(11-9-14)31-12-4-7-18(27)23-22-25-24-19(32-22)13-26-20(28)16-5-2-3-6-17(16)21(26)29/h2-3,5-6,8-11H,4,7,12-13H2,1H3,(H,23,25,27). The van der Waals surface area contributed by atoms with Crippen LogP contribution >= 0.6 is 11.3 Å². The molecule has 1 aliphatic rings. The Morgan fingerprint density at radius 1 is 1.00 bits per heavy atom. The molecule has 1 aromatic heterocycles. The van der Waals surface area contributed by atoms with Crippen molar-refractivity contribution in [3.05, 3.63) is 64.7 Å². The van der Waals surface area contributed by atoms with Crippen molar-refractivity contribution in [2.24, 2.45) is 0 Å². The van der Waals surface area contributed by atoms with Crippen molar-refractivity contribution >= 4 is 34.2 Å². The fourth-order valence-electron chi connectivity index (χ4n) is 3.16. The van der Waals surface area contributed by atoms with E-state index in [0.717, 1.165) is 22.0 Å². The first-order valence-electron chi connectivity index (χ1n) is 9.89. The minimum atomic E-state index is -0.358. The van der Waals surface area contributed by atoms with E-state index in [0.29, 0.717) is 40.0 Å². The number of methoxy groups -OCH3 is 1.